The molecule has 21 heavy (non-hydrogen) atoms. The quantitative estimate of drug-likeness (QED) is 0.476. The van der Waals surface area contributed by atoms with Crippen molar-refractivity contribution < 1.29 is 19.7 Å². The number of aliphatic hydroxyl groups is 2. The molecule has 0 fully saturated rings. The minimum absolute atomic E-state index is 0.0468. The molecule has 1 amide bonds. The molecule has 1 unspecified atom stereocenters. The van der Waals surface area contributed by atoms with Crippen LogP contribution < -0.4 is 10.6 Å². The fraction of sp³-hybridized carbons (Fsp3) is 0.533. The molecule has 0 saturated carbocycles. The van der Waals surface area contributed by atoms with Crippen LogP contribution in [-0.4, -0.2) is 48.7 Å². The van der Waals surface area contributed by atoms with Gasteiger partial charge in [-0.05, 0) is 18.4 Å². The average molecular weight is 296 g/mol. The standard InChI is InChI=1S/C15H24N2O4/c18-9-4-7-14(11-16-8-10-19)17-15(20)21-12-13-5-2-1-3-6-13/h1-3,5-6,14,16,18-19H,4,7-12H2,(H,17,20). The minimum atomic E-state index is -0.479. The van der Waals surface area contributed by atoms with Crippen LogP contribution in [0.4, 0.5) is 4.79 Å². The van der Waals surface area contributed by atoms with E-state index in [1.165, 1.54) is 0 Å². The highest BCUT2D eigenvalue weighted by atomic mass is 16.5. The lowest BCUT2D eigenvalue weighted by atomic mass is 10.1. The molecule has 0 spiro atoms. The van der Waals surface area contributed by atoms with Gasteiger partial charge in [0.05, 0.1) is 6.61 Å². The van der Waals surface area contributed by atoms with E-state index < -0.39 is 6.09 Å². The number of hydrogen-bond acceptors (Lipinski definition) is 5. The highest BCUT2D eigenvalue weighted by Crippen LogP contribution is 2.02. The third kappa shape index (κ3) is 8.29. The van der Waals surface area contributed by atoms with E-state index in [0.29, 0.717) is 25.9 Å². The van der Waals surface area contributed by atoms with Gasteiger partial charge in [0.15, 0.2) is 0 Å². The van der Waals surface area contributed by atoms with Crippen molar-refractivity contribution in [3.05, 3.63) is 35.9 Å². The van der Waals surface area contributed by atoms with Crippen LogP contribution in [0.3, 0.4) is 0 Å². The first-order chi connectivity index (χ1) is 10.3. The molecule has 1 rings (SSSR count). The predicted octanol–water partition coefficient (Wildman–Crippen LogP) is 0.636. The zero-order chi connectivity index (χ0) is 15.3. The van der Waals surface area contributed by atoms with Crippen molar-refractivity contribution in [3.8, 4) is 0 Å². The Morgan fingerprint density at radius 1 is 1.19 bits per heavy atom. The van der Waals surface area contributed by atoms with Gasteiger partial charge in [-0.2, -0.15) is 0 Å². The van der Waals surface area contributed by atoms with Crippen molar-refractivity contribution in [2.75, 3.05) is 26.3 Å². The van der Waals surface area contributed by atoms with Gasteiger partial charge >= 0.3 is 6.09 Å². The summed E-state index contributed by atoms with van der Waals surface area (Å²) in [4.78, 5) is 11.7. The maximum atomic E-state index is 11.7. The summed E-state index contributed by atoms with van der Waals surface area (Å²) in [5, 5.41) is 23.4. The first-order valence-electron chi connectivity index (χ1n) is 7.16. The molecule has 6 heteroatoms. The Balaban J connectivity index is 2.32. The van der Waals surface area contributed by atoms with Crippen LogP contribution in [0, 0.1) is 0 Å². The van der Waals surface area contributed by atoms with Gasteiger partial charge in [-0.15, -0.1) is 0 Å². The van der Waals surface area contributed by atoms with E-state index in [2.05, 4.69) is 10.6 Å². The minimum Gasteiger partial charge on any atom is -0.445 e. The first-order valence-corrected chi connectivity index (χ1v) is 7.16. The van der Waals surface area contributed by atoms with Crippen LogP contribution in [-0.2, 0) is 11.3 Å². The van der Waals surface area contributed by atoms with Crippen molar-refractivity contribution in [2.45, 2.75) is 25.5 Å². The lowest BCUT2D eigenvalue weighted by Gasteiger charge is -2.18. The number of hydrogen-bond donors (Lipinski definition) is 4. The molecule has 1 aromatic rings. The second kappa shape index (κ2) is 11.1. The van der Waals surface area contributed by atoms with Crippen molar-refractivity contribution >= 4 is 6.09 Å². The van der Waals surface area contributed by atoms with E-state index in [1.54, 1.807) is 0 Å². The summed E-state index contributed by atoms with van der Waals surface area (Å²) in [6, 6.07) is 9.32. The number of alkyl carbamates (subject to hydrolysis) is 1. The Hall–Kier alpha value is -1.63. The summed E-state index contributed by atoms with van der Waals surface area (Å²) >= 11 is 0. The summed E-state index contributed by atoms with van der Waals surface area (Å²) < 4.78 is 5.16. The van der Waals surface area contributed by atoms with Gasteiger partial charge in [0, 0.05) is 25.7 Å². The number of nitrogens with one attached hydrogen (secondary N) is 2. The largest absolute Gasteiger partial charge is 0.445 e. The number of carbonyl (C=O) groups is 1. The van der Waals surface area contributed by atoms with Crippen molar-refractivity contribution in [1.82, 2.24) is 10.6 Å². The van der Waals surface area contributed by atoms with Gasteiger partial charge in [0.1, 0.15) is 6.61 Å². The molecule has 0 bridgehead atoms. The lowest BCUT2D eigenvalue weighted by Crippen LogP contribution is -2.43. The number of benzene rings is 1. The zero-order valence-electron chi connectivity index (χ0n) is 12.1. The molecule has 0 aromatic heterocycles. The van der Waals surface area contributed by atoms with Gasteiger partial charge < -0.3 is 25.6 Å². The zero-order valence-corrected chi connectivity index (χ0v) is 12.1. The Kier molecular flexibility index (Phi) is 9.19. The predicted molar refractivity (Wildman–Crippen MR) is 79.8 cm³/mol. The Morgan fingerprint density at radius 3 is 2.62 bits per heavy atom. The Labute approximate surface area is 125 Å². The Bertz CT molecular complexity index is 387. The maximum absolute atomic E-state index is 11.7. The third-order valence-corrected chi connectivity index (χ3v) is 2.92. The highest BCUT2D eigenvalue weighted by molar-refractivity contribution is 5.67. The maximum Gasteiger partial charge on any atom is 0.407 e. The first kappa shape index (κ1) is 17.4. The van der Waals surface area contributed by atoms with Gasteiger partial charge in [-0.25, -0.2) is 4.79 Å². The fourth-order valence-electron chi connectivity index (χ4n) is 1.85. The van der Waals surface area contributed by atoms with Crippen molar-refractivity contribution in [2.24, 2.45) is 0 Å². The van der Waals surface area contributed by atoms with Gasteiger partial charge in [-0.3, -0.25) is 0 Å². The molecule has 0 aliphatic heterocycles. The fourth-order valence-corrected chi connectivity index (χ4v) is 1.85. The summed E-state index contributed by atoms with van der Waals surface area (Å²) in [5.41, 5.74) is 0.929. The molecule has 0 aliphatic rings. The van der Waals surface area contributed by atoms with Gasteiger partial charge in [0.2, 0.25) is 0 Å². The van der Waals surface area contributed by atoms with E-state index >= 15 is 0 Å². The molecule has 6 nitrogen and oxygen atoms in total. The third-order valence-electron chi connectivity index (χ3n) is 2.92. The molecular weight excluding hydrogens is 272 g/mol. The van der Waals surface area contributed by atoms with Crippen LogP contribution in [0.1, 0.15) is 18.4 Å². The van der Waals surface area contributed by atoms with E-state index in [1.807, 2.05) is 30.3 Å². The molecule has 0 saturated heterocycles. The summed E-state index contributed by atoms with van der Waals surface area (Å²) in [6.45, 7) is 1.35. The smallest absolute Gasteiger partial charge is 0.407 e. The van der Waals surface area contributed by atoms with E-state index in [-0.39, 0.29) is 25.9 Å². The molecule has 0 heterocycles. The number of amides is 1. The van der Waals surface area contributed by atoms with Crippen LogP contribution in [0.25, 0.3) is 0 Å². The van der Waals surface area contributed by atoms with Crippen LogP contribution >= 0.6 is 0 Å². The van der Waals surface area contributed by atoms with Crippen LogP contribution in [0.15, 0.2) is 30.3 Å². The molecular formula is C15H24N2O4. The van der Waals surface area contributed by atoms with E-state index in [0.717, 1.165) is 5.56 Å². The monoisotopic (exact) mass is 296 g/mol. The summed E-state index contributed by atoms with van der Waals surface area (Å²) in [5.74, 6) is 0. The number of ether oxygens (including phenoxy) is 1. The molecule has 0 radical (unpaired) electrons. The molecule has 1 aromatic carbocycles. The van der Waals surface area contributed by atoms with Crippen molar-refractivity contribution in [1.29, 1.82) is 0 Å². The molecule has 0 aliphatic carbocycles. The Morgan fingerprint density at radius 2 is 1.95 bits per heavy atom. The number of rotatable bonds is 10. The average Bonchev–Trinajstić information content (AvgIpc) is 2.51. The second-order valence-electron chi connectivity index (χ2n) is 4.70. The van der Waals surface area contributed by atoms with E-state index in [4.69, 9.17) is 14.9 Å². The normalized spacial score (nSPS) is 11.9. The topological polar surface area (TPSA) is 90.8 Å². The van der Waals surface area contributed by atoms with Crippen LogP contribution in [0.5, 0.6) is 0 Å². The van der Waals surface area contributed by atoms with Gasteiger partial charge in [-0.1, -0.05) is 30.3 Å². The SMILES string of the molecule is O=C(NC(CCCO)CNCCO)OCc1ccccc1. The highest BCUT2D eigenvalue weighted by Gasteiger charge is 2.12. The molecule has 118 valence electrons. The van der Waals surface area contributed by atoms with Crippen LogP contribution in [0.2, 0.25) is 0 Å². The van der Waals surface area contributed by atoms with Crippen molar-refractivity contribution in [3.63, 3.8) is 0 Å². The molecule has 4 N–H and O–H groups in total. The van der Waals surface area contributed by atoms with E-state index in [9.17, 15) is 4.79 Å². The van der Waals surface area contributed by atoms with Gasteiger partial charge in [0.25, 0.3) is 0 Å². The lowest BCUT2D eigenvalue weighted by molar-refractivity contribution is 0.134. The summed E-state index contributed by atoms with van der Waals surface area (Å²) in [6.07, 6.45) is 0.771. The number of carbonyl (C=O) groups excluding carboxylic acids is 1. The summed E-state index contributed by atoms with van der Waals surface area (Å²) in [7, 11) is 0. The molecule has 1 atom stereocenters. The number of aliphatic hydroxyl groups excluding tert-OH is 2. The second-order valence-corrected chi connectivity index (χ2v) is 4.70.